The number of nitro groups is 1. The summed E-state index contributed by atoms with van der Waals surface area (Å²) in [5.41, 5.74) is 5.27. The van der Waals surface area contributed by atoms with Gasteiger partial charge in [0.2, 0.25) is 5.82 Å². The van der Waals surface area contributed by atoms with Crippen molar-refractivity contribution in [1.82, 2.24) is 20.2 Å². The van der Waals surface area contributed by atoms with Gasteiger partial charge in [0.15, 0.2) is 0 Å². The number of anilines is 2. The molecule has 0 aliphatic carbocycles. The highest BCUT2D eigenvalue weighted by Crippen LogP contribution is 2.22. The van der Waals surface area contributed by atoms with Crippen LogP contribution in [0.25, 0.3) is 0 Å². The van der Waals surface area contributed by atoms with E-state index in [1.807, 2.05) is 6.92 Å². The maximum Gasteiger partial charge on any atom is 0.311 e. The molecule has 9 heteroatoms. The van der Waals surface area contributed by atoms with Crippen molar-refractivity contribution in [2.75, 3.05) is 11.1 Å². The van der Waals surface area contributed by atoms with Crippen LogP contribution in [-0.2, 0) is 0 Å². The second-order valence-electron chi connectivity index (χ2n) is 3.59. The molecule has 1 unspecified atom stereocenters. The second-order valence-corrected chi connectivity index (χ2v) is 3.59. The van der Waals surface area contributed by atoms with Gasteiger partial charge >= 0.3 is 5.69 Å². The van der Waals surface area contributed by atoms with Crippen LogP contribution in [0.2, 0.25) is 0 Å². The Bertz CT molecular complexity index is 554. The van der Waals surface area contributed by atoms with Gasteiger partial charge in [0, 0.05) is 6.07 Å². The van der Waals surface area contributed by atoms with Gasteiger partial charge in [-0.1, -0.05) is 0 Å². The van der Waals surface area contributed by atoms with E-state index >= 15 is 0 Å². The van der Waals surface area contributed by atoms with Crippen molar-refractivity contribution in [2.45, 2.75) is 13.0 Å². The molecule has 0 spiro atoms. The largest absolute Gasteiger partial charge is 0.378 e. The Kier molecular flexibility index (Phi) is 3.04. The van der Waals surface area contributed by atoms with Crippen molar-refractivity contribution in [3.05, 3.63) is 34.4 Å². The molecule has 0 fully saturated rings. The summed E-state index contributed by atoms with van der Waals surface area (Å²) >= 11 is 0. The summed E-state index contributed by atoms with van der Waals surface area (Å²) in [6.45, 7) is 1.85. The van der Waals surface area contributed by atoms with Crippen molar-refractivity contribution in [3.63, 3.8) is 0 Å². The molecule has 0 aliphatic rings. The zero-order valence-electron chi connectivity index (χ0n) is 9.49. The Morgan fingerprint density at radius 2 is 2.33 bits per heavy atom. The quantitative estimate of drug-likeness (QED) is 0.540. The van der Waals surface area contributed by atoms with E-state index in [0.717, 1.165) is 0 Å². The molecule has 1 atom stereocenters. The summed E-state index contributed by atoms with van der Waals surface area (Å²) in [4.78, 5) is 17.9. The van der Waals surface area contributed by atoms with E-state index in [0.29, 0.717) is 11.6 Å². The molecular weight excluding hydrogens is 238 g/mol. The highest BCUT2D eigenvalue weighted by Gasteiger charge is 2.14. The molecule has 9 nitrogen and oxygen atoms in total. The predicted molar refractivity (Wildman–Crippen MR) is 63.7 cm³/mol. The van der Waals surface area contributed by atoms with Gasteiger partial charge in [0.1, 0.15) is 18.0 Å². The molecule has 2 heterocycles. The SMILES string of the molecule is CC(Nc1ccc([N+](=O)[O-])c(N)n1)c1ncn[nH]1. The number of nitrogen functional groups attached to an aromatic ring is 1. The Balaban J connectivity index is 2.15. The molecule has 0 aromatic carbocycles. The van der Waals surface area contributed by atoms with E-state index in [1.165, 1.54) is 18.5 Å². The summed E-state index contributed by atoms with van der Waals surface area (Å²) in [6.07, 6.45) is 1.39. The Labute approximate surface area is 102 Å². The summed E-state index contributed by atoms with van der Waals surface area (Å²) in [7, 11) is 0. The monoisotopic (exact) mass is 249 g/mol. The average Bonchev–Trinajstić information content (AvgIpc) is 2.81. The summed E-state index contributed by atoms with van der Waals surface area (Å²) in [5.74, 6) is 0.936. The Hall–Kier alpha value is -2.71. The van der Waals surface area contributed by atoms with Gasteiger partial charge in [-0.25, -0.2) is 9.97 Å². The number of aromatic nitrogens is 4. The molecule has 4 N–H and O–H groups in total. The first-order valence-electron chi connectivity index (χ1n) is 5.10. The molecule has 0 aliphatic heterocycles. The number of pyridine rings is 1. The predicted octanol–water partition coefficient (Wildman–Crippen LogP) is 0.863. The third-order valence-electron chi connectivity index (χ3n) is 2.31. The van der Waals surface area contributed by atoms with Gasteiger partial charge in [-0.2, -0.15) is 5.10 Å². The normalized spacial score (nSPS) is 12.1. The summed E-state index contributed by atoms with van der Waals surface area (Å²) in [5, 5.41) is 20.0. The van der Waals surface area contributed by atoms with Crippen molar-refractivity contribution in [1.29, 1.82) is 0 Å². The fourth-order valence-electron chi connectivity index (χ4n) is 1.42. The van der Waals surface area contributed by atoms with Crippen molar-refractivity contribution in [2.24, 2.45) is 0 Å². The van der Waals surface area contributed by atoms with E-state index < -0.39 is 4.92 Å². The lowest BCUT2D eigenvalue weighted by Crippen LogP contribution is -2.10. The molecule has 0 amide bonds. The van der Waals surface area contributed by atoms with Gasteiger partial charge in [-0.15, -0.1) is 0 Å². The summed E-state index contributed by atoms with van der Waals surface area (Å²) in [6, 6.07) is 2.62. The van der Waals surface area contributed by atoms with E-state index in [-0.39, 0.29) is 17.5 Å². The maximum absolute atomic E-state index is 10.6. The van der Waals surface area contributed by atoms with Gasteiger partial charge in [0.25, 0.3) is 0 Å². The summed E-state index contributed by atoms with van der Waals surface area (Å²) < 4.78 is 0. The average molecular weight is 249 g/mol. The van der Waals surface area contributed by atoms with Crippen LogP contribution in [0.5, 0.6) is 0 Å². The number of hydrogen-bond acceptors (Lipinski definition) is 7. The Morgan fingerprint density at radius 1 is 1.56 bits per heavy atom. The number of nitrogens with two attached hydrogens (primary N) is 1. The number of hydrogen-bond donors (Lipinski definition) is 3. The van der Waals surface area contributed by atoms with Crippen LogP contribution >= 0.6 is 0 Å². The third kappa shape index (κ3) is 2.34. The minimum Gasteiger partial charge on any atom is -0.378 e. The smallest absolute Gasteiger partial charge is 0.311 e. The minimum atomic E-state index is -0.577. The zero-order valence-corrected chi connectivity index (χ0v) is 9.49. The molecule has 0 saturated heterocycles. The van der Waals surface area contributed by atoms with E-state index in [9.17, 15) is 10.1 Å². The van der Waals surface area contributed by atoms with Gasteiger partial charge in [-0.05, 0) is 13.0 Å². The molecule has 0 radical (unpaired) electrons. The first-order chi connectivity index (χ1) is 8.58. The lowest BCUT2D eigenvalue weighted by atomic mass is 10.3. The first-order valence-corrected chi connectivity index (χ1v) is 5.10. The van der Waals surface area contributed by atoms with E-state index in [1.54, 1.807) is 0 Å². The highest BCUT2D eigenvalue weighted by molar-refractivity contribution is 5.57. The highest BCUT2D eigenvalue weighted by atomic mass is 16.6. The minimum absolute atomic E-state index is 0.130. The first kappa shape index (κ1) is 11.8. The van der Waals surface area contributed by atoms with Crippen LogP contribution in [0.1, 0.15) is 18.8 Å². The number of nitrogens with zero attached hydrogens (tertiary/aromatic N) is 4. The second kappa shape index (κ2) is 4.65. The topological polar surface area (TPSA) is 136 Å². The van der Waals surface area contributed by atoms with E-state index in [4.69, 9.17) is 5.73 Å². The van der Waals surface area contributed by atoms with Crippen molar-refractivity contribution in [3.8, 4) is 0 Å². The van der Waals surface area contributed by atoms with Gasteiger partial charge in [0.05, 0.1) is 11.0 Å². The van der Waals surface area contributed by atoms with Crippen molar-refractivity contribution >= 4 is 17.3 Å². The van der Waals surface area contributed by atoms with Crippen LogP contribution in [0, 0.1) is 10.1 Å². The maximum atomic E-state index is 10.6. The number of H-pyrrole nitrogens is 1. The molecular formula is C9H11N7O2. The lowest BCUT2D eigenvalue weighted by Gasteiger charge is -2.11. The lowest BCUT2D eigenvalue weighted by molar-refractivity contribution is -0.384. The van der Waals surface area contributed by atoms with Gasteiger partial charge in [-0.3, -0.25) is 15.2 Å². The van der Waals surface area contributed by atoms with Crippen LogP contribution < -0.4 is 11.1 Å². The fourth-order valence-corrected chi connectivity index (χ4v) is 1.42. The van der Waals surface area contributed by atoms with Crippen molar-refractivity contribution < 1.29 is 4.92 Å². The molecule has 2 aromatic heterocycles. The molecule has 2 aromatic rings. The zero-order chi connectivity index (χ0) is 13.1. The third-order valence-corrected chi connectivity index (χ3v) is 2.31. The van der Waals surface area contributed by atoms with E-state index in [2.05, 4.69) is 25.5 Å². The van der Waals surface area contributed by atoms with Crippen LogP contribution in [0.4, 0.5) is 17.3 Å². The number of rotatable bonds is 4. The molecule has 2 rings (SSSR count). The van der Waals surface area contributed by atoms with Crippen LogP contribution in [-0.4, -0.2) is 25.1 Å². The molecule has 0 saturated carbocycles. The molecule has 18 heavy (non-hydrogen) atoms. The molecule has 0 bridgehead atoms. The van der Waals surface area contributed by atoms with Crippen LogP contribution in [0.15, 0.2) is 18.5 Å². The number of aromatic amines is 1. The molecule has 94 valence electrons. The number of nitrogens with one attached hydrogen (secondary N) is 2. The Morgan fingerprint density at radius 3 is 2.89 bits per heavy atom. The van der Waals surface area contributed by atoms with Gasteiger partial charge < -0.3 is 11.1 Å². The fraction of sp³-hybridized carbons (Fsp3) is 0.222. The van der Waals surface area contributed by atoms with Crippen LogP contribution in [0.3, 0.4) is 0 Å². The standard InChI is InChI=1S/C9H11N7O2/c1-5(9-11-4-12-15-9)13-7-3-2-6(16(17)18)8(10)14-7/h2-5H,1H3,(H3,10,13,14)(H,11,12,15).